The van der Waals surface area contributed by atoms with Crippen molar-refractivity contribution in [1.82, 2.24) is 0 Å². The van der Waals surface area contributed by atoms with Crippen LogP contribution in [-0.4, -0.2) is 12.5 Å². The van der Waals surface area contributed by atoms with E-state index < -0.39 is 0 Å². The number of halogens is 2. The number of nitrogens with one attached hydrogen (secondary N) is 1. The molecule has 0 bridgehead atoms. The minimum absolute atomic E-state index is 0.175. The van der Waals surface area contributed by atoms with Crippen LogP contribution >= 0.6 is 0 Å². The molecule has 2 aromatic carbocycles. The maximum Gasteiger partial charge on any atom is 0.255 e. The highest BCUT2D eigenvalue weighted by molar-refractivity contribution is 6.04. The lowest BCUT2D eigenvalue weighted by atomic mass is 10.2. The standard InChI is InChI=1S/C18H17F2NO2/c1-2-13(11-19)12-23-17-9-3-14(4-10-17)18(22)21-16-7-5-15(20)6-8-16/h3-11H,2,12H2,1H3,(H,21,22). The van der Waals surface area contributed by atoms with E-state index in [4.69, 9.17) is 4.74 Å². The first kappa shape index (κ1) is 16.7. The van der Waals surface area contributed by atoms with Gasteiger partial charge in [0.2, 0.25) is 0 Å². The summed E-state index contributed by atoms with van der Waals surface area (Å²) < 4.78 is 30.7. The summed E-state index contributed by atoms with van der Waals surface area (Å²) in [4.78, 5) is 12.1. The second-order valence-electron chi connectivity index (χ2n) is 4.89. The summed E-state index contributed by atoms with van der Waals surface area (Å²) in [6.07, 6.45) is 1.12. The first-order valence-corrected chi connectivity index (χ1v) is 7.20. The molecule has 0 aromatic heterocycles. The summed E-state index contributed by atoms with van der Waals surface area (Å²) in [5.74, 6) is -0.115. The van der Waals surface area contributed by atoms with Crippen molar-refractivity contribution in [3.05, 3.63) is 71.8 Å². The molecule has 1 amide bonds. The largest absolute Gasteiger partial charge is 0.489 e. The molecule has 2 aromatic rings. The van der Waals surface area contributed by atoms with E-state index in [-0.39, 0.29) is 18.3 Å². The van der Waals surface area contributed by atoms with E-state index in [1.54, 1.807) is 24.3 Å². The highest BCUT2D eigenvalue weighted by atomic mass is 19.1. The van der Waals surface area contributed by atoms with Crippen molar-refractivity contribution in [3.8, 4) is 5.75 Å². The number of amides is 1. The zero-order valence-corrected chi connectivity index (χ0v) is 12.7. The van der Waals surface area contributed by atoms with Crippen LogP contribution in [0.15, 0.2) is 60.4 Å². The van der Waals surface area contributed by atoms with Gasteiger partial charge in [0.25, 0.3) is 5.91 Å². The van der Waals surface area contributed by atoms with Gasteiger partial charge in [-0.25, -0.2) is 8.78 Å². The Labute approximate surface area is 133 Å². The second-order valence-corrected chi connectivity index (χ2v) is 4.89. The number of carbonyl (C=O) groups excluding carboxylic acids is 1. The fraction of sp³-hybridized carbons (Fsp3) is 0.167. The summed E-state index contributed by atoms with van der Waals surface area (Å²) in [5.41, 5.74) is 1.51. The maximum atomic E-state index is 12.8. The predicted octanol–water partition coefficient (Wildman–Crippen LogP) is 4.72. The van der Waals surface area contributed by atoms with Crippen LogP contribution in [0.2, 0.25) is 0 Å². The van der Waals surface area contributed by atoms with Crippen LogP contribution < -0.4 is 10.1 Å². The SMILES string of the molecule is CCC(=CF)COc1ccc(C(=O)Nc2ccc(F)cc2)cc1. The molecule has 1 N–H and O–H groups in total. The van der Waals surface area contributed by atoms with E-state index in [1.807, 2.05) is 6.92 Å². The summed E-state index contributed by atoms with van der Waals surface area (Å²) >= 11 is 0. The second kappa shape index (κ2) is 8.08. The van der Waals surface area contributed by atoms with Gasteiger partial charge in [-0.1, -0.05) is 6.92 Å². The third kappa shape index (κ3) is 4.92. The topological polar surface area (TPSA) is 38.3 Å². The van der Waals surface area contributed by atoms with Crippen molar-refractivity contribution in [2.75, 3.05) is 11.9 Å². The van der Waals surface area contributed by atoms with E-state index in [0.717, 1.165) is 0 Å². The van der Waals surface area contributed by atoms with E-state index in [9.17, 15) is 13.6 Å². The van der Waals surface area contributed by atoms with Crippen LogP contribution in [0.1, 0.15) is 23.7 Å². The molecule has 0 saturated heterocycles. The Morgan fingerprint density at radius 1 is 1.13 bits per heavy atom. The van der Waals surface area contributed by atoms with Crippen molar-refractivity contribution >= 4 is 11.6 Å². The quantitative estimate of drug-likeness (QED) is 0.837. The van der Waals surface area contributed by atoms with Gasteiger partial charge in [0.1, 0.15) is 18.2 Å². The molecule has 120 valence electrons. The van der Waals surface area contributed by atoms with Crippen molar-refractivity contribution in [2.24, 2.45) is 0 Å². The monoisotopic (exact) mass is 317 g/mol. The van der Waals surface area contributed by atoms with Crippen LogP contribution in [0.25, 0.3) is 0 Å². The maximum absolute atomic E-state index is 12.8. The van der Waals surface area contributed by atoms with Gasteiger partial charge in [-0.2, -0.15) is 0 Å². The highest BCUT2D eigenvalue weighted by Gasteiger charge is 2.07. The molecular weight excluding hydrogens is 300 g/mol. The fourth-order valence-electron chi connectivity index (χ4n) is 1.83. The molecule has 0 radical (unpaired) electrons. The Hall–Kier alpha value is -2.69. The van der Waals surface area contributed by atoms with Gasteiger partial charge in [0, 0.05) is 11.3 Å². The Kier molecular flexibility index (Phi) is 5.86. The smallest absolute Gasteiger partial charge is 0.255 e. The molecule has 0 aliphatic heterocycles. The molecule has 0 spiro atoms. The van der Waals surface area contributed by atoms with Gasteiger partial charge in [0.15, 0.2) is 0 Å². The van der Waals surface area contributed by atoms with Crippen molar-refractivity contribution in [1.29, 1.82) is 0 Å². The van der Waals surface area contributed by atoms with Crippen LogP contribution in [0.4, 0.5) is 14.5 Å². The zero-order chi connectivity index (χ0) is 16.7. The molecule has 0 aliphatic rings. The zero-order valence-electron chi connectivity index (χ0n) is 12.7. The third-order valence-electron chi connectivity index (χ3n) is 3.25. The molecular formula is C18H17F2NO2. The number of benzene rings is 2. The van der Waals surface area contributed by atoms with E-state index in [0.29, 0.717) is 35.3 Å². The molecule has 0 fully saturated rings. The Morgan fingerprint density at radius 2 is 1.78 bits per heavy atom. The highest BCUT2D eigenvalue weighted by Crippen LogP contribution is 2.16. The molecule has 5 heteroatoms. The minimum Gasteiger partial charge on any atom is -0.489 e. The van der Waals surface area contributed by atoms with E-state index >= 15 is 0 Å². The van der Waals surface area contributed by atoms with E-state index in [2.05, 4.69) is 5.32 Å². The summed E-state index contributed by atoms with van der Waals surface area (Å²) in [5, 5.41) is 2.67. The van der Waals surface area contributed by atoms with Gasteiger partial charge in [-0.3, -0.25) is 4.79 Å². The molecule has 0 heterocycles. The lowest BCUT2D eigenvalue weighted by molar-refractivity contribution is 0.102. The third-order valence-corrected chi connectivity index (χ3v) is 3.25. The fourth-order valence-corrected chi connectivity index (χ4v) is 1.83. The molecule has 0 saturated carbocycles. The molecule has 0 aliphatic carbocycles. The van der Waals surface area contributed by atoms with Crippen LogP contribution in [0.5, 0.6) is 5.75 Å². The number of ether oxygens (including phenoxy) is 1. The van der Waals surface area contributed by atoms with Gasteiger partial charge >= 0.3 is 0 Å². The first-order valence-electron chi connectivity index (χ1n) is 7.20. The van der Waals surface area contributed by atoms with Crippen LogP contribution in [0.3, 0.4) is 0 Å². The van der Waals surface area contributed by atoms with Gasteiger partial charge in [0.05, 0.1) is 6.33 Å². The lowest BCUT2D eigenvalue weighted by Crippen LogP contribution is -2.11. The Morgan fingerprint density at radius 3 is 2.35 bits per heavy atom. The molecule has 0 atom stereocenters. The number of hydrogen-bond acceptors (Lipinski definition) is 2. The molecule has 2 rings (SSSR count). The van der Waals surface area contributed by atoms with Gasteiger partial charge < -0.3 is 10.1 Å². The molecule has 3 nitrogen and oxygen atoms in total. The first-order chi connectivity index (χ1) is 11.1. The Bertz CT molecular complexity index is 679. The van der Waals surface area contributed by atoms with Crippen molar-refractivity contribution < 1.29 is 18.3 Å². The number of rotatable bonds is 6. The minimum atomic E-state index is -0.363. The van der Waals surface area contributed by atoms with Crippen LogP contribution in [-0.2, 0) is 0 Å². The lowest BCUT2D eigenvalue weighted by Gasteiger charge is -2.09. The predicted molar refractivity (Wildman–Crippen MR) is 85.8 cm³/mol. The summed E-state index contributed by atoms with van der Waals surface area (Å²) in [6, 6.07) is 12.0. The normalized spacial score (nSPS) is 11.2. The number of hydrogen-bond donors (Lipinski definition) is 1. The average molecular weight is 317 g/mol. The summed E-state index contributed by atoms with van der Waals surface area (Å²) in [7, 11) is 0. The Balaban J connectivity index is 1.95. The number of carbonyl (C=O) groups is 1. The van der Waals surface area contributed by atoms with Crippen LogP contribution in [0, 0.1) is 5.82 Å². The van der Waals surface area contributed by atoms with Crippen molar-refractivity contribution in [2.45, 2.75) is 13.3 Å². The van der Waals surface area contributed by atoms with E-state index in [1.165, 1.54) is 24.3 Å². The summed E-state index contributed by atoms with van der Waals surface area (Å²) in [6.45, 7) is 2.02. The van der Waals surface area contributed by atoms with Gasteiger partial charge in [-0.15, -0.1) is 0 Å². The molecule has 0 unspecified atom stereocenters. The average Bonchev–Trinajstić information content (AvgIpc) is 2.58. The number of anilines is 1. The van der Waals surface area contributed by atoms with Crippen molar-refractivity contribution in [3.63, 3.8) is 0 Å². The van der Waals surface area contributed by atoms with Gasteiger partial charge in [-0.05, 0) is 60.5 Å². The molecule has 23 heavy (non-hydrogen) atoms.